The van der Waals surface area contributed by atoms with Crippen LogP contribution >= 0.6 is 0 Å². The molecule has 1 aromatic carbocycles. The Labute approximate surface area is 69.1 Å². The highest BCUT2D eigenvalue weighted by Gasteiger charge is 2.05. The van der Waals surface area contributed by atoms with Gasteiger partial charge in [0.05, 0.1) is 13.3 Å². The van der Waals surface area contributed by atoms with Crippen LogP contribution in [0.1, 0.15) is 5.56 Å². The molecule has 0 saturated carbocycles. The first-order valence-corrected chi connectivity index (χ1v) is 3.29. The predicted molar refractivity (Wildman–Crippen MR) is 42.3 cm³/mol. The number of ether oxygens (including phenoxy) is 1. The highest BCUT2D eigenvalue weighted by molar-refractivity contribution is 5.80. The number of rotatable bonds is 2. The fourth-order valence-corrected chi connectivity index (χ4v) is 0.847. The van der Waals surface area contributed by atoms with E-state index < -0.39 is 5.82 Å². The SMILES string of the molecule is COc1cccc(C=NO)c1F. The van der Waals surface area contributed by atoms with Gasteiger partial charge in [0.1, 0.15) is 0 Å². The molecule has 3 nitrogen and oxygen atoms in total. The second-order valence-electron chi connectivity index (χ2n) is 2.11. The fraction of sp³-hybridized carbons (Fsp3) is 0.125. The Balaban J connectivity index is 3.13. The second kappa shape index (κ2) is 3.71. The molecule has 1 aromatic rings. The third-order valence-electron chi connectivity index (χ3n) is 1.41. The van der Waals surface area contributed by atoms with E-state index in [0.29, 0.717) is 0 Å². The number of benzene rings is 1. The van der Waals surface area contributed by atoms with Crippen LogP contribution in [-0.2, 0) is 0 Å². The largest absolute Gasteiger partial charge is 0.494 e. The number of nitrogens with zero attached hydrogens (tertiary/aromatic N) is 1. The minimum atomic E-state index is -0.530. The number of hydrogen-bond donors (Lipinski definition) is 1. The first-order chi connectivity index (χ1) is 5.79. The minimum Gasteiger partial charge on any atom is -0.494 e. The lowest BCUT2D eigenvalue weighted by Crippen LogP contribution is -1.93. The van der Waals surface area contributed by atoms with Crippen molar-refractivity contribution in [1.29, 1.82) is 0 Å². The maximum atomic E-state index is 13.1. The minimum absolute atomic E-state index is 0.132. The molecule has 0 aromatic heterocycles. The van der Waals surface area contributed by atoms with E-state index in [9.17, 15) is 4.39 Å². The van der Waals surface area contributed by atoms with Gasteiger partial charge < -0.3 is 9.94 Å². The Bertz CT molecular complexity index is 299. The molecular formula is C8H8FNO2. The van der Waals surface area contributed by atoms with Crippen LogP contribution in [0.4, 0.5) is 4.39 Å². The first-order valence-electron chi connectivity index (χ1n) is 3.29. The molecule has 0 aliphatic carbocycles. The average Bonchev–Trinajstić information content (AvgIpc) is 2.09. The van der Waals surface area contributed by atoms with Gasteiger partial charge in [0.25, 0.3) is 0 Å². The highest BCUT2D eigenvalue weighted by atomic mass is 19.1. The quantitative estimate of drug-likeness (QED) is 0.415. The van der Waals surface area contributed by atoms with E-state index in [1.807, 2.05) is 0 Å². The number of halogens is 1. The molecule has 1 N–H and O–H groups in total. The van der Waals surface area contributed by atoms with E-state index in [-0.39, 0.29) is 11.3 Å². The monoisotopic (exact) mass is 169 g/mol. The lowest BCUT2D eigenvalue weighted by atomic mass is 10.2. The molecule has 0 fully saturated rings. The summed E-state index contributed by atoms with van der Waals surface area (Å²) in [6.07, 6.45) is 1.01. The van der Waals surface area contributed by atoms with Crippen LogP contribution in [0.25, 0.3) is 0 Å². The second-order valence-corrected chi connectivity index (χ2v) is 2.11. The van der Waals surface area contributed by atoms with Crippen LogP contribution in [0, 0.1) is 5.82 Å². The molecule has 0 saturated heterocycles. The summed E-state index contributed by atoms with van der Waals surface area (Å²) in [5.41, 5.74) is 0.192. The first kappa shape index (κ1) is 8.52. The summed E-state index contributed by atoms with van der Waals surface area (Å²) in [7, 11) is 1.37. The number of hydrogen-bond acceptors (Lipinski definition) is 3. The van der Waals surface area contributed by atoms with Crippen molar-refractivity contribution in [2.75, 3.05) is 7.11 Å². The van der Waals surface area contributed by atoms with Gasteiger partial charge in [-0.3, -0.25) is 0 Å². The van der Waals surface area contributed by atoms with E-state index in [4.69, 9.17) is 9.94 Å². The van der Waals surface area contributed by atoms with Crippen LogP contribution in [0.2, 0.25) is 0 Å². The van der Waals surface area contributed by atoms with Crippen molar-refractivity contribution in [1.82, 2.24) is 0 Å². The maximum absolute atomic E-state index is 13.1. The molecule has 64 valence electrons. The fourth-order valence-electron chi connectivity index (χ4n) is 0.847. The number of methoxy groups -OCH3 is 1. The molecular weight excluding hydrogens is 161 g/mol. The van der Waals surface area contributed by atoms with Gasteiger partial charge in [-0.2, -0.15) is 0 Å². The molecule has 12 heavy (non-hydrogen) atoms. The van der Waals surface area contributed by atoms with Gasteiger partial charge in [-0.1, -0.05) is 17.3 Å². The van der Waals surface area contributed by atoms with Crippen molar-refractivity contribution >= 4 is 6.21 Å². The molecule has 0 atom stereocenters. The maximum Gasteiger partial charge on any atom is 0.173 e. The summed E-state index contributed by atoms with van der Waals surface area (Å²) >= 11 is 0. The molecule has 0 unspecified atom stereocenters. The molecule has 0 amide bonds. The summed E-state index contributed by atoms with van der Waals surface area (Å²) in [5.74, 6) is -0.398. The van der Waals surface area contributed by atoms with Gasteiger partial charge in [0, 0.05) is 5.56 Å². The van der Waals surface area contributed by atoms with Crippen molar-refractivity contribution in [2.45, 2.75) is 0 Å². The van der Waals surface area contributed by atoms with Gasteiger partial charge in [0.15, 0.2) is 11.6 Å². The van der Waals surface area contributed by atoms with Gasteiger partial charge >= 0.3 is 0 Å². The van der Waals surface area contributed by atoms with Crippen molar-refractivity contribution in [2.24, 2.45) is 5.16 Å². The van der Waals surface area contributed by atoms with Crippen LogP contribution in [0.5, 0.6) is 5.75 Å². The topological polar surface area (TPSA) is 41.8 Å². The van der Waals surface area contributed by atoms with Crippen LogP contribution < -0.4 is 4.74 Å². The van der Waals surface area contributed by atoms with Gasteiger partial charge in [0.2, 0.25) is 0 Å². The molecule has 4 heteroatoms. The van der Waals surface area contributed by atoms with Crippen LogP contribution in [0.15, 0.2) is 23.4 Å². The molecule has 0 bridgehead atoms. The molecule has 1 rings (SSSR count). The molecule has 0 radical (unpaired) electrons. The van der Waals surface area contributed by atoms with Crippen LogP contribution in [0.3, 0.4) is 0 Å². The zero-order valence-electron chi connectivity index (χ0n) is 6.49. The van der Waals surface area contributed by atoms with Gasteiger partial charge in [-0.25, -0.2) is 4.39 Å². The lowest BCUT2D eigenvalue weighted by Gasteiger charge is -2.02. The molecule has 0 heterocycles. The Morgan fingerprint density at radius 1 is 1.58 bits per heavy atom. The summed E-state index contributed by atoms with van der Waals surface area (Å²) in [6.45, 7) is 0. The third-order valence-corrected chi connectivity index (χ3v) is 1.41. The average molecular weight is 169 g/mol. The Kier molecular flexibility index (Phi) is 2.63. The predicted octanol–water partition coefficient (Wildman–Crippen LogP) is 1.64. The summed E-state index contributed by atoms with van der Waals surface area (Å²) in [6, 6.07) is 4.58. The number of oxime groups is 1. The standard InChI is InChI=1S/C8H8FNO2/c1-12-7-4-2-3-6(5-10-11)8(7)9/h2-5,11H,1H3. The van der Waals surface area contributed by atoms with E-state index in [1.165, 1.54) is 19.2 Å². The zero-order valence-corrected chi connectivity index (χ0v) is 6.49. The summed E-state index contributed by atoms with van der Waals surface area (Å²) in [5, 5.41) is 10.9. The zero-order chi connectivity index (χ0) is 8.97. The lowest BCUT2D eigenvalue weighted by molar-refractivity contribution is 0.321. The summed E-state index contributed by atoms with van der Waals surface area (Å²) in [4.78, 5) is 0. The third kappa shape index (κ3) is 1.53. The van der Waals surface area contributed by atoms with E-state index >= 15 is 0 Å². The molecule has 0 spiro atoms. The van der Waals surface area contributed by atoms with E-state index in [2.05, 4.69) is 5.16 Å². The van der Waals surface area contributed by atoms with E-state index in [1.54, 1.807) is 6.07 Å². The van der Waals surface area contributed by atoms with Crippen molar-refractivity contribution in [3.05, 3.63) is 29.6 Å². The summed E-state index contributed by atoms with van der Waals surface area (Å²) < 4.78 is 17.8. The van der Waals surface area contributed by atoms with Crippen molar-refractivity contribution in [3.8, 4) is 5.75 Å². The van der Waals surface area contributed by atoms with Crippen molar-refractivity contribution < 1.29 is 14.3 Å². The van der Waals surface area contributed by atoms with E-state index in [0.717, 1.165) is 6.21 Å². The van der Waals surface area contributed by atoms with Gasteiger partial charge in [-0.15, -0.1) is 0 Å². The molecule has 0 aliphatic heterocycles. The normalized spacial score (nSPS) is 10.5. The van der Waals surface area contributed by atoms with Crippen LogP contribution in [-0.4, -0.2) is 18.5 Å². The highest BCUT2D eigenvalue weighted by Crippen LogP contribution is 2.18. The van der Waals surface area contributed by atoms with Gasteiger partial charge in [-0.05, 0) is 6.07 Å². The Morgan fingerprint density at radius 3 is 2.92 bits per heavy atom. The smallest absolute Gasteiger partial charge is 0.173 e. The van der Waals surface area contributed by atoms with Crippen molar-refractivity contribution in [3.63, 3.8) is 0 Å². The Hall–Kier alpha value is -1.58. The Morgan fingerprint density at radius 2 is 2.33 bits per heavy atom. The molecule has 0 aliphatic rings.